The minimum Gasteiger partial charge on any atom is -0.330 e. The number of nitrogens with two attached hydrogens (primary N) is 1. The third-order valence-corrected chi connectivity index (χ3v) is 1.74. The monoisotopic (exact) mass is 190 g/mol. The fourth-order valence-corrected chi connectivity index (χ4v) is 1.05. The third kappa shape index (κ3) is 2.42. The van der Waals surface area contributed by atoms with Crippen molar-refractivity contribution in [3.05, 3.63) is 30.1 Å². The van der Waals surface area contributed by atoms with Crippen LogP contribution >= 0.6 is 0 Å². The summed E-state index contributed by atoms with van der Waals surface area (Å²) < 4.78 is 36.9. The summed E-state index contributed by atoms with van der Waals surface area (Å²) in [5.41, 5.74) is 5.21. The standard InChI is InChI=1S/C8H9F3N2/c9-8(10,11)7(5-12)6-1-3-13-4-2-6/h1-4,7H,5,12H2. The summed E-state index contributed by atoms with van der Waals surface area (Å²) in [5, 5.41) is 0. The molecule has 0 fully saturated rings. The highest BCUT2D eigenvalue weighted by molar-refractivity contribution is 5.17. The molecule has 0 aliphatic carbocycles. The lowest BCUT2D eigenvalue weighted by Crippen LogP contribution is -2.27. The zero-order valence-corrected chi connectivity index (χ0v) is 6.75. The molecule has 5 heteroatoms. The van der Waals surface area contributed by atoms with E-state index in [1.54, 1.807) is 0 Å². The summed E-state index contributed by atoms with van der Waals surface area (Å²) in [7, 11) is 0. The Labute approximate surface area is 73.6 Å². The second-order valence-electron chi connectivity index (χ2n) is 2.61. The number of hydrogen-bond donors (Lipinski definition) is 1. The Morgan fingerprint density at radius 2 is 1.85 bits per heavy atom. The van der Waals surface area contributed by atoms with Gasteiger partial charge in [-0.05, 0) is 17.7 Å². The predicted octanol–water partition coefficient (Wildman–Crippen LogP) is 1.69. The van der Waals surface area contributed by atoms with Gasteiger partial charge in [0.1, 0.15) is 0 Å². The van der Waals surface area contributed by atoms with Gasteiger partial charge in [0, 0.05) is 18.9 Å². The highest BCUT2D eigenvalue weighted by atomic mass is 19.4. The minimum atomic E-state index is -4.28. The largest absolute Gasteiger partial charge is 0.396 e. The van der Waals surface area contributed by atoms with E-state index >= 15 is 0 Å². The number of hydrogen-bond acceptors (Lipinski definition) is 2. The van der Waals surface area contributed by atoms with Crippen LogP contribution < -0.4 is 5.73 Å². The van der Waals surface area contributed by atoms with Gasteiger partial charge in [-0.2, -0.15) is 13.2 Å². The lowest BCUT2D eigenvalue weighted by atomic mass is 10.0. The Balaban J connectivity index is 2.92. The third-order valence-electron chi connectivity index (χ3n) is 1.74. The van der Waals surface area contributed by atoms with Crippen molar-refractivity contribution in [2.75, 3.05) is 6.54 Å². The van der Waals surface area contributed by atoms with Crippen molar-refractivity contribution in [3.8, 4) is 0 Å². The molecule has 0 amide bonds. The topological polar surface area (TPSA) is 38.9 Å². The molecule has 2 N–H and O–H groups in total. The molecule has 0 saturated carbocycles. The fourth-order valence-electron chi connectivity index (χ4n) is 1.05. The van der Waals surface area contributed by atoms with Gasteiger partial charge in [-0.1, -0.05) is 0 Å². The van der Waals surface area contributed by atoms with E-state index in [1.807, 2.05) is 0 Å². The zero-order valence-electron chi connectivity index (χ0n) is 6.75. The van der Waals surface area contributed by atoms with Crippen molar-refractivity contribution in [2.24, 2.45) is 5.73 Å². The second kappa shape index (κ2) is 3.74. The molecule has 13 heavy (non-hydrogen) atoms. The maximum Gasteiger partial charge on any atom is 0.396 e. The first-order valence-corrected chi connectivity index (χ1v) is 3.72. The molecule has 1 unspecified atom stereocenters. The molecular weight excluding hydrogens is 181 g/mol. The maximum absolute atomic E-state index is 12.3. The van der Waals surface area contributed by atoms with Crippen LogP contribution in [0.1, 0.15) is 11.5 Å². The average molecular weight is 190 g/mol. The molecule has 0 bridgehead atoms. The molecule has 1 atom stereocenters. The lowest BCUT2D eigenvalue weighted by molar-refractivity contribution is -0.148. The van der Waals surface area contributed by atoms with Gasteiger partial charge >= 0.3 is 6.18 Å². The van der Waals surface area contributed by atoms with E-state index in [1.165, 1.54) is 24.5 Å². The normalized spacial score (nSPS) is 14.2. The molecular formula is C8H9F3N2. The van der Waals surface area contributed by atoms with Crippen LogP contribution in [0.4, 0.5) is 13.2 Å². The predicted molar refractivity (Wildman–Crippen MR) is 42.1 cm³/mol. The molecule has 1 aromatic heterocycles. The van der Waals surface area contributed by atoms with Crippen molar-refractivity contribution in [2.45, 2.75) is 12.1 Å². The van der Waals surface area contributed by atoms with Crippen LogP contribution in [0, 0.1) is 0 Å². The molecule has 0 aromatic carbocycles. The minimum absolute atomic E-state index is 0.157. The van der Waals surface area contributed by atoms with E-state index in [0.29, 0.717) is 0 Å². The first-order chi connectivity index (χ1) is 6.05. The summed E-state index contributed by atoms with van der Waals surface area (Å²) >= 11 is 0. The Bertz CT molecular complexity index is 258. The lowest BCUT2D eigenvalue weighted by Gasteiger charge is -2.18. The summed E-state index contributed by atoms with van der Waals surface area (Å²) in [5.74, 6) is -1.59. The molecule has 1 aromatic rings. The number of aromatic nitrogens is 1. The van der Waals surface area contributed by atoms with Crippen molar-refractivity contribution >= 4 is 0 Å². The Morgan fingerprint density at radius 3 is 2.23 bits per heavy atom. The van der Waals surface area contributed by atoms with Gasteiger partial charge < -0.3 is 5.73 Å². The number of alkyl halides is 3. The van der Waals surface area contributed by atoms with E-state index in [0.717, 1.165) is 0 Å². The van der Waals surface area contributed by atoms with Gasteiger partial charge in [-0.3, -0.25) is 4.98 Å². The van der Waals surface area contributed by atoms with E-state index in [9.17, 15) is 13.2 Å². The van der Waals surface area contributed by atoms with Gasteiger partial charge in [-0.15, -0.1) is 0 Å². The molecule has 0 aliphatic rings. The van der Waals surface area contributed by atoms with Crippen molar-refractivity contribution in [1.82, 2.24) is 4.98 Å². The molecule has 0 aliphatic heterocycles. The summed E-state index contributed by atoms with van der Waals surface area (Å²) in [4.78, 5) is 3.64. The van der Waals surface area contributed by atoms with Crippen LogP contribution in [0.25, 0.3) is 0 Å². The van der Waals surface area contributed by atoms with Gasteiger partial charge in [0.15, 0.2) is 0 Å². The van der Waals surface area contributed by atoms with Gasteiger partial charge in [-0.25, -0.2) is 0 Å². The molecule has 0 spiro atoms. The Morgan fingerprint density at radius 1 is 1.31 bits per heavy atom. The maximum atomic E-state index is 12.3. The van der Waals surface area contributed by atoms with Crippen LogP contribution in [0.15, 0.2) is 24.5 Å². The number of halogens is 3. The quantitative estimate of drug-likeness (QED) is 0.770. The highest BCUT2D eigenvalue weighted by Gasteiger charge is 2.39. The molecule has 2 nitrogen and oxygen atoms in total. The Hall–Kier alpha value is -1.10. The van der Waals surface area contributed by atoms with Gasteiger partial charge in [0.25, 0.3) is 0 Å². The van der Waals surface area contributed by atoms with Gasteiger partial charge in [0.05, 0.1) is 5.92 Å². The summed E-state index contributed by atoms with van der Waals surface area (Å²) in [6, 6.07) is 2.65. The Kier molecular flexibility index (Phi) is 2.87. The number of nitrogens with zero attached hydrogens (tertiary/aromatic N) is 1. The summed E-state index contributed by atoms with van der Waals surface area (Å²) in [6.45, 7) is -0.437. The highest BCUT2D eigenvalue weighted by Crippen LogP contribution is 2.33. The molecule has 1 rings (SSSR count). The van der Waals surface area contributed by atoms with E-state index in [2.05, 4.69) is 4.98 Å². The van der Waals surface area contributed by atoms with Crippen molar-refractivity contribution in [1.29, 1.82) is 0 Å². The first kappa shape index (κ1) is 9.98. The molecule has 1 heterocycles. The fraction of sp³-hybridized carbons (Fsp3) is 0.375. The number of rotatable bonds is 2. The van der Waals surface area contributed by atoms with Crippen molar-refractivity contribution < 1.29 is 13.2 Å². The second-order valence-corrected chi connectivity index (χ2v) is 2.61. The van der Waals surface area contributed by atoms with Gasteiger partial charge in [0.2, 0.25) is 0 Å². The number of pyridine rings is 1. The van der Waals surface area contributed by atoms with E-state index in [-0.39, 0.29) is 5.56 Å². The first-order valence-electron chi connectivity index (χ1n) is 3.72. The van der Waals surface area contributed by atoms with Crippen LogP contribution in [-0.2, 0) is 0 Å². The molecule has 72 valence electrons. The zero-order chi connectivity index (χ0) is 9.90. The molecule has 0 saturated heterocycles. The van der Waals surface area contributed by atoms with E-state index < -0.39 is 18.6 Å². The van der Waals surface area contributed by atoms with Crippen LogP contribution in [0.3, 0.4) is 0 Å². The van der Waals surface area contributed by atoms with Crippen LogP contribution in [-0.4, -0.2) is 17.7 Å². The van der Waals surface area contributed by atoms with Crippen molar-refractivity contribution in [3.63, 3.8) is 0 Å². The van der Waals surface area contributed by atoms with Crippen LogP contribution in [0.5, 0.6) is 0 Å². The summed E-state index contributed by atoms with van der Waals surface area (Å²) in [6.07, 6.45) is -1.64. The molecule has 0 radical (unpaired) electrons. The SMILES string of the molecule is NCC(c1ccncc1)C(F)(F)F. The smallest absolute Gasteiger partial charge is 0.330 e. The van der Waals surface area contributed by atoms with Crippen LogP contribution in [0.2, 0.25) is 0 Å². The average Bonchev–Trinajstić information content (AvgIpc) is 2.05. The van der Waals surface area contributed by atoms with E-state index in [4.69, 9.17) is 5.73 Å².